The van der Waals surface area contributed by atoms with Crippen molar-refractivity contribution in [1.29, 1.82) is 0 Å². The van der Waals surface area contributed by atoms with Gasteiger partial charge in [0.05, 0.1) is 6.04 Å². The molecule has 1 unspecified atom stereocenters. The van der Waals surface area contributed by atoms with Crippen molar-refractivity contribution < 1.29 is 0 Å². The minimum absolute atomic E-state index is 0.244. The van der Waals surface area contributed by atoms with Gasteiger partial charge in [-0.3, -0.25) is 0 Å². The van der Waals surface area contributed by atoms with E-state index in [2.05, 4.69) is 38.2 Å². The maximum atomic E-state index is 6.10. The molecule has 15 heavy (non-hydrogen) atoms. The molecule has 0 aliphatic carbocycles. The Morgan fingerprint density at radius 1 is 1.40 bits per heavy atom. The van der Waals surface area contributed by atoms with Gasteiger partial charge in [0.2, 0.25) is 0 Å². The third-order valence-electron chi connectivity index (χ3n) is 2.46. The van der Waals surface area contributed by atoms with Crippen LogP contribution in [-0.4, -0.2) is 7.05 Å². The Hall–Kier alpha value is -0.790. The molecular formula is C13H18ClN. The van der Waals surface area contributed by atoms with Crippen molar-refractivity contribution in [2.24, 2.45) is 0 Å². The van der Waals surface area contributed by atoms with Gasteiger partial charge in [0.25, 0.3) is 0 Å². The van der Waals surface area contributed by atoms with Crippen LogP contribution in [0.4, 0.5) is 0 Å². The van der Waals surface area contributed by atoms with Gasteiger partial charge in [-0.05, 0) is 45.0 Å². The molecule has 0 bridgehead atoms. The summed E-state index contributed by atoms with van der Waals surface area (Å²) in [4.78, 5) is 0. The fourth-order valence-corrected chi connectivity index (χ4v) is 1.80. The third-order valence-corrected chi connectivity index (χ3v) is 2.87. The monoisotopic (exact) mass is 223 g/mol. The fraction of sp³-hybridized carbons (Fsp3) is 0.385. The molecule has 2 heteroatoms. The molecule has 1 aromatic rings. The highest BCUT2D eigenvalue weighted by Gasteiger charge is 2.10. The predicted octanol–water partition coefficient (Wildman–Crippen LogP) is 3.88. The lowest BCUT2D eigenvalue weighted by atomic mass is 10.00. The first-order valence-corrected chi connectivity index (χ1v) is 5.51. The molecule has 0 aromatic heterocycles. The molecule has 0 amide bonds. The molecular weight excluding hydrogens is 206 g/mol. The summed E-state index contributed by atoms with van der Waals surface area (Å²) in [5, 5.41) is 4.11. The maximum Gasteiger partial charge on any atom is 0.0509 e. The average molecular weight is 224 g/mol. The van der Waals surface area contributed by atoms with Crippen LogP contribution in [-0.2, 0) is 0 Å². The van der Waals surface area contributed by atoms with Gasteiger partial charge in [0.15, 0.2) is 0 Å². The zero-order valence-electron chi connectivity index (χ0n) is 9.76. The van der Waals surface area contributed by atoms with Crippen molar-refractivity contribution in [2.45, 2.75) is 26.8 Å². The van der Waals surface area contributed by atoms with E-state index < -0.39 is 0 Å². The van der Waals surface area contributed by atoms with Gasteiger partial charge in [0, 0.05) is 5.02 Å². The van der Waals surface area contributed by atoms with Crippen molar-refractivity contribution in [1.82, 2.24) is 5.32 Å². The lowest BCUT2D eigenvalue weighted by Gasteiger charge is -2.16. The van der Waals surface area contributed by atoms with E-state index in [-0.39, 0.29) is 6.04 Å². The van der Waals surface area contributed by atoms with Crippen molar-refractivity contribution in [3.63, 3.8) is 0 Å². The second-order valence-corrected chi connectivity index (χ2v) is 4.37. The van der Waals surface area contributed by atoms with E-state index in [4.69, 9.17) is 11.6 Å². The highest BCUT2D eigenvalue weighted by molar-refractivity contribution is 6.31. The SMILES string of the molecule is CNC(C=C(C)C)c1cccc(Cl)c1C. The first-order chi connectivity index (χ1) is 7.06. The lowest BCUT2D eigenvalue weighted by Crippen LogP contribution is -2.15. The van der Waals surface area contributed by atoms with Crippen LogP contribution in [0.5, 0.6) is 0 Å². The van der Waals surface area contributed by atoms with E-state index in [1.54, 1.807) is 0 Å². The molecule has 1 atom stereocenters. The van der Waals surface area contributed by atoms with Gasteiger partial charge >= 0.3 is 0 Å². The Bertz CT molecular complexity index is 365. The number of hydrogen-bond donors (Lipinski definition) is 1. The Morgan fingerprint density at radius 2 is 2.07 bits per heavy atom. The van der Waals surface area contributed by atoms with Crippen LogP contribution in [0.2, 0.25) is 5.02 Å². The number of likely N-dealkylation sites (N-methyl/N-ethyl adjacent to an activating group) is 1. The Labute approximate surface area is 97.1 Å². The first kappa shape index (κ1) is 12.3. The molecule has 0 radical (unpaired) electrons. The van der Waals surface area contributed by atoms with Gasteiger partial charge in [-0.15, -0.1) is 0 Å². The maximum absolute atomic E-state index is 6.10. The van der Waals surface area contributed by atoms with Gasteiger partial charge in [0.1, 0.15) is 0 Å². The topological polar surface area (TPSA) is 12.0 Å². The van der Waals surface area contributed by atoms with Crippen molar-refractivity contribution >= 4 is 11.6 Å². The fourth-order valence-electron chi connectivity index (χ4n) is 1.62. The van der Waals surface area contributed by atoms with Gasteiger partial charge in [-0.25, -0.2) is 0 Å². The molecule has 1 aromatic carbocycles. The molecule has 1 rings (SSSR count). The Balaban J connectivity index is 3.13. The van der Waals surface area contributed by atoms with Crippen LogP contribution in [0, 0.1) is 6.92 Å². The molecule has 0 heterocycles. The second-order valence-electron chi connectivity index (χ2n) is 3.96. The average Bonchev–Trinajstić information content (AvgIpc) is 2.19. The highest BCUT2D eigenvalue weighted by Crippen LogP contribution is 2.25. The smallest absolute Gasteiger partial charge is 0.0509 e. The normalized spacial score (nSPS) is 12.3. The van der Waals surface area contributed by atoms with Crippen LogP contribution < -0.4 is 5.32 Å². The van der Waals surface area contributed by atoms with Gasteiger partial charge < -0.3 is 5.32 Å². The summed E-state index contributed by atoms with van der Waals surface area (Å²) in [6, 6.07) is 6.28. The van der Waals surface area contributed by atoms with E-state index in [1.807, 2.05) is 19.2 Å². The first-order valence-electron chi connectivity index (χ1n) is 5.13. The summed E-state index contributed by atoms with van der Waals surface area (Å²) in [6.45, 7) is 6.26. The molecule has 0 aliphatic rings. The van der Waals surface area contributed by atoms with E-state index >= 15 is 0 Å². The third kappa shape index (κ3) is 3.08. The van der Waals surface area contributed by atoms with E-state index in [0.717, 1.165) is 10.6 Å². The molecule has 1 nitrogen and oxygen atoms in total. The van der Waals surface area contributed by atoms with Crippen molar-refractivity contribution in [3.8, 4) is 0 Å². The predicted molar refractivity (Wildman–Crippen MR) is 67.4 cm³/mol. The van der Waals surface area contributed by atoms with Crippen LogP contribution in [0.15, 0.2) is 29.8 Å². The number of rotatable bonds is 3. The largest absolute Gasteiger partial charge is 0.310 e. The summed E-state index contributed by atoms with van der Waals surface area (Å²) in [5.74, 6) is 0. The van der Waals surface area contributed by atoms with Gasteiger partial charge in [-0.1, -0.05) is 35.4 Å². The summed E-state index contributed by atoms with van der Waals surface area (Å²) in [6.07, 6.45) is 2.21. The molecule has 0 aliphatic heterocycles. The van der Waals surface area contributed by atoms with Crippen molar-refractivity contribution in [3.05, 3.63) is 46.0 Å². The van der Waals surface area contributed by atoms with E-state index in [9.17, 15) is 0 Å². The van der Waals surface area contributed by atoms with Crippen molar-refractivity contribution in [2.75, 3.05) is 7.05 Å². The van der Waals surface area contributed by atoms with E-state index in [1.165, 1.54) is 11.1 Å². The molecule has 0 saturated heterocycles. The van der Waals surface area contributed by atoms with Crippen LogP contribution in [0.3, 0.4) is 0 Å². The summed E-state index contributed by atoms with van der Waals surface area (Å²) >= 11 is 6.10. The summed E-state index contributed by atoms with van der Waals surface area (Å²) < 4.78 is 0. The minimum atomic E-state index is 0.244. The Kier molecular flexibility index (Phi) is 4.37. The second kappa shape index (κ2) is 5.34. The molecule has 0 spiro atoms. The zero-order chi connectivity index (χ0) is 11.4. The molecule has 0 saturated carbocycles. The van der Waals surface area contributed by atoms with Crippen LogP contribution in [0.1, 0.15) is 31.0 Å². The number of nitrogens with one attached hydrogen (secondary N) is 1. The van der Waals surface area contributed by atoms with Crippen LogP contribution in [0.25, 0.3) is 0 Å². The summed E-state index contributed by atoms with van der Waals surface area (Å²) in [7, 11) is 1.96. The molecule has 0 fully saturated rings. The Morgan fingerprint density at radius 3 is 2.60 bits per heavy atom. The standard InChI is InChI=1S/C13H18ClN/c1-9(2)8-13(15-4)11-6-5-7-12(14)10(11)3/h5-8,13,15H,1-4H3. The summed E-state index contributed by atoms with van der Waals surface area (Å²) in [5.41, 5.74) is 3.69. The minimum Gasteiger partial charge on any atom is -0.310 e. The molecule has 82 valence electrons. The number of benzene rings is 1. The van der Waals surface area contributed by atoms with E-state index in [0.29, 0.717) is 0 Å². The van der Waals surface area contributed by atoms with Crippen LogP contribution >= 0.6 is 11.6 Å². The zero-order valence-corrected chi connectivity index (χ0v) is 10.5. The molecule has 1 N–H and O–H groups in total. The number of allylic oxidation sites excluding steroid dienone is 1. The lowest BCUT2D eigenvalue weighted by molar-refractivity contribution is 0.705. The quantitative estimate of drug-likeness (QED) is 0.767. The number of hydrogen-bond acceptors (Lipinski definition) is 1. The highest BCUT2D eigenvalue weighted by atomic mass is 35.5. The number of halogens is 1. The van der Waals surface area contributed by atoms with Gasteiger partial charge in [-0.2, -0.15) is 0 Å².